The van der Waals surface area contributed by atoms with Crippen molar-refractivity contribution in [3.8, 4) is 0 Å². The van der Waals surface area contributed by atoms with Gasteiger partial charge in [-0.05, 0) is 49.0 Å². The smallest absolute Gasteiger partial charge is 0.262 e. The van der Waals surface area contributed by atoms with E-state index in [-0.39, 0.29) is 5.56 Å². The molecule has 2 aromatic rings. The summed E-state index contributed by atoms with van der Waals surface area (Å²) in [6.07, 6.45) is 3.52. The zero-order valence-electron chi connectivity index (χ0n) is 10.4. The van der Waals surface area contributed by atoms with Crippen LogP contribution in [-0.4, -0.2) is 9.55 Å². The van der Waals surface area contributed by atoms with Gasteiger partial charge in [0.1, 0.15) is 0 Å². The van der Waals surface area contributed by atoms with Crippen LogP contribution in [0.2, 0.25) is 0 Å². The summed E-state index contributed by atoms with van der Waals surface area (Å²) < 4.78 is 2.27. The van der Waals surface area contributed by atoms with Crippen LogP contribution in [0.5, 0.6) is 0 Å². The molecule has 1 heterocycles. The number of aromatic nitrogens is 2. The predicted octanol–water partition coefficient (Wildman–Crippen LogP) is 3.25. The highest BCUT2D eigenvalue weighted by atomic mass is 32.1. The molecule has 1 N–H and O–H groups in total. The van der Waals surface area contributed by atoms with E-state index in [4.69, 9.17) is 12.2 Å². The van der Waals surface area contributed by atoms with Gasteiger partial charge in [0.15, 0.2) is 4.77 Å². The van der Waals surface area contributed by atoms with Crippen molar-refractivity contribution in [2.75, 3.05) is 0 Å². The number of nitrogens with zero attached hydrogens (tertiary/aromatic N) is 1. The molecule has 18 heavy (non-hydrogen) atoms. The lowest BCUT2D eigenvalue weighted by Crippen LogP contribution is -2.26. The maximum atomic E-state index is 12.4. The fourth-order valence-electron chi connectivity index (χ4n) is 2.48. The van der Waals surface area contributed by atoms with Gasteiger partial charge in [0.25, 0.3) is 5.56 Å². The largest absolute Gasteiger partial charge is 0.332 e. The Labute approximate surface area is 110 Å². The van der Waals surface area contributed by atoms with E-state index in [1.807, 2.05) is 24.3 Å². The topological polar surface area (TPSA) is 37.8 Å². The molecule has 0 saturated heterocycles. The third-order valence-electron chi connectivity index (χ3n) is 4.09. The van der Waals surface area contributed by atoms with Crippen LogP contribution in [0.15, 0.2) is 29.1 Å². The summed E-state index contributed by atoms with van der Waals surface area (Å²) in [7, 11) is 0. The number of hydrogen-bond acceptors (Lipinski definition) is 2. The highest BCUT2D eigenvalue weighted by molar-refractivity contribution is 7.71. The summed E-state index contributed by atoms with van der Waals surface area (Å²) in [5.41, 5.74) is 1.17. The quantitative estimate of drug-likeness (QED) is 0.860. The average Bonchev–Trinajstić information content (AvgIpc) is 3.15. The lowest BCUT2D eigenvalue weighted by Gasteiger charge is -2.15. The van der Waals surface area contributed by atoms with Gasteiger partial charge in [0.2, 0.25) is 0 Å². The molecule has 3 nitrogen and oxygen atoms in total. The predicted molar refractivity (Wildman–Crippen MR) is 75.4 cm³/mol. The van der Waals surface area contributed by atoms with Crippen molar-refractivity contribution < 1.29 is 0 Å². The first-order chi connectivity index (χ1) is 8.65. The van der Waals surface area contributed by atoms with Gasteiger partial charge in [-0.1, -0.05) is 19.1 Å². The molecular formula is C14H16N2OS. The Morgan fingerprint density at radius 3 is 2.78 bits per heavy atom. The minimum atomic E-state index is 0.0362. The SMILES string of the molecule is CCC1(Cn2c(=S)[nH]c3ccccc3c2=O)CC1. The molecule has 0 bridgehead atoms. The molecule has 1 aliphatic rings. The molecule has 0 aliphatic heterocycles. The second-order valence-corrected chi connectivity index (χ2v) is 5.61. The van der Waals surface area contributed by atoms with E-state index in [9.17, 15) is 4.79 Å². The number of aromatic amines is 1. The minimum absolute atomic E-state index is 0.0362. The Bertz CT molecular complexity index is 710. The lowest BCUT2D eigenvalue weighted by molar-refractivity contribution is 0.398. The second-order valence-electron chi connectivity index (χ2n) is 5.22. The maximum Gasteiger partial charge on any atom is 0.262 e. The molecule has 0 spiro atoms. The van der Waals surface area contributed by atoms with Crippen molar-refractivity contribution in [1.29, 1.82) is 0 Å². The van der Waals surface area contributed by atoms with E-state index in [0.717, 1.165) is 23.9 Å². The Morgan fingerprint density at radius 2 is 2.11 bits per heavy atom. The van der Waals surface area contributed by atoms with Crippen molar-refractivity contribution in [3.05, 3.63) is 39.4 Å². The van der Waals surface area contributed by atoms with E-state index >= 15 is 0 Å². The molecular weight excluding hydrogens is 244 g/mol. The van der Waals surface area contributed by atoms with Gasteiger partial charge in [0, 0.05) is 6.54 Å². The molecule has 4 heteroatoms. The fraction of sp³-hybridized carbons (Fsp3) is 0.429. The van der Waals surface area contributed by atoms with Gasteiger partial charge in [-0.25, -0.2) is 0 Å². The molecule has 1 aromatic carbocycles. The first-order valence-corrected chi connectivity index (χ1v) is 6.78. The van der Waals surface area contributed by atoms with Crippen molar-refractivity contribution in [2.45, 2.75) is 32.7 Å². The third-order valence-corrected chi connectivity index (χ3v) is 4.41. The van der Waals surface area contributed by atoms with Gasteiger partial charge in [-0.2, -0.15) is 0 Å². The Morgan fingerprint density at radius 1 is 1.39 bits per heavy atom. The summed E-state index contributed by atoms with van der Waals surface area (Å²) in [5, 5.41) is 0.720. The fourth-order valence-corrected chi connectivity index (χ4v) is 2.74. The van der Waals surface area contributed by atoms with Gasteiger partial charge in [0.05, 0.1) is 10.9 Å². The van der Waals surface area contributed by atoms with E-state index < -0.39 is 0 Å². The van der Waals surface area contributed by atoms with Crippen LogP contribution in [-0.2, 0) is 6.54 Å². The van der Waals surface area contributed by atoms with Crippen LogP contribution < -0.4 is 5.56 Å². The Kier molecular flexibility index (Phi) is 2.63. The van der Waals surface area contributed by atoms with E-state index in [1.165, 1.54) is 12.8 Å². The number of rotatable bonds is 3. The minimum Gasteiger partial charge on any atom is -0.332 e. The molecule has 3 rings (SSSR count). The van der Waals surface area contributed by atoms with Gasteiger partial charge in [-0.3, -0.25) is 9.36 Å². The second kappa shape index (κ2) is 4.05. The van der Waals surface area contributed by atoms with Crippen LogP contribution in [0.1, 0.15) is 26.2 Å². The van der Waals surface area contributed by atoms with Crippen LogP contribution in [0.25, 0.3) is 10.9 Å². The number of H-pyrrole nitrogens is 1. The van der Waals surface area contributed by atoms with E-state index in [2.05, 4.69) is 11.9 Å². The number of hydrogen-bond donors (Lipinski definition) is 1. The molecule has 1 aliphatic carbocycles. The molecule has 0 amide bonds. The molecule has 94 valence electrons. The van der Waals surface area contributed by atoms with Crippen LogP contribution in [0, 0.1) is 10.2 Å². The summed E-state index contributed by atoms with van der Waals surface area (Å²) in [5.74, 6) is 0. The molecule has 0 radical (unpaired) electrons. The highest BCUT2D eigenvalue weighted by Crippen LogP contribution is 2.49. The number of nitrogens with one attached hydrogen (secondary N) is 1. The maximum absolute atomic E-state index is 12.4. The standard InChI is InChI=1S/C14H16N2OS/c1-2-14(7-8-14)9-16-12(17)10-5-3-4-6-11(10)15-13(16)18/h3-6H,2,7-9H2,1H3,(H,15,18). The van der Waals surface area contributed by atoms with Crippen molar-refractivity contribution >= 4 is 23.1 Å². The highest BCUT2D eigenvalue weighted by Gasteiger charge is 2.41. The first-order valence-electron chi connectivity index (χ1n) is 6.37. The summed E-state index contributed by atoms with van der Waals surface area (Å²) >= 11 is 5.32. The average molecular weight is 260 g/mol. The lowest BCUT2D eigenvalue weighted by atomic mass is 10.0. The zero-order valence-corrected chi connectivity index (χ0v) is 11.2. The monoisotopic (exact) mass is 260 g/mol. The summed E-state index contributed by atoms with van der Waals surface area (Å²) in [4.78, 5) is 15.6. The van der Waals surface area contributed by atoms with Crippen molar-refractivity contribution in [3.63, 3.8) is 0 Å². The molecule has 0 unspecified atom stereocenters. The van der Waals surface area contributed by atoms with Crippen LogP contribution >= 0.6 is 12.2 Å². The van der Waals surface area contributed by atoms with E-state index in [0.29, 0.717) is 10.2 Å². The Balaban J connectivity index is 2.18. The van der Waals surface area contributed by atoms with Crippen molar-refractivity contribution in [2.24, 2.45) is 5.41 Å². The van der Waals surface area contributed by atoms with Gasteiger partial charge >= 0.3 is 0 Å². The third kappa shape index (κ3) is 1.81. The number of fused-ring (bicyclic) bond motifs is 1. The van der Waals surface area contributed by atoms with Gasteiger partial charge < -0.3 is 4.98 Å². The van der Waals surface area contributed by atoms with Crippen LogP contribution in [0.3, 0.4) is 0 Å². The number of benzene rings is 1. The zero-order chi connectivity index (χ0) is 12.8. The molecule has 0 atom stereocenters. The molecule has 1 aromatic heterocycles. The summed E-state index contributed by atoms with van der Waals surface area (Å²) in [6, 6.07) is 7.54. The first kappa shape index (κ1) is 11.7. The molecule has 1 saturated carbocycles. The number of para-hydroxylation sites is 1. The summed E-state index contributed by atoms with van der Waals surface area (Å²) in [6.45, 7) is 2.94. The van der Waals surface area contributed by atoms with E-state index in [1.54, 1.807) is 4.57 Å². The Hall–Kier alpha value is -1.42. The van der Waals surface area contributed by atoms with Gasteiger partial charge in [-0.15, -0.1) is 0 Å². The van der Waals surface area contributed by atoms with Crippen molar-refractivity contribution in [1.82, 2.24) is 9.55 Å². The van der Waals surface area contributed by atoms with Crippen LogP contribution in [0.4, 0.5) is 0 Å². The molecule has 1 fully saturated rings. The normalized spacial score (nSPS) is 16.9.